The monoisotopic (exact) mass is 685 g/mol. The third kappa shape index (κ3) is 6.49. The third-order valence-corrected chi connectivity index (χ3v) is 9.64. The maximum Gasteiger partial charge on any atom is 0.417 e. The normalized spacial score (nSPS) is 20.4. The van der Waals surface area contributed by atoms with Crippen LogP contribution in [-0.4, -0.2) is 89.5 Å². The number of thioether (sulfide) groups is 1. The zero-order valence-electron chi connectivity index (χ0n) is 25.6. The summed E-state index contributed by atoms with van der Waals surface area (Å²) < 4.78 is 81.7. The number of hydrogen-bond donors (Lipinski definition) is 0. The average molecular weight is 686 g/mol. The summed E-state index contributed by atoms with van der Waals surface area (Å²) in [5, 5.41) is -0.522. The van der Waals surface area contributed by atoms with E-state index >= 15 is 4.39 Å². The van der Waals surface area contributed by atoms with Gasteiger partial charge < -0.3 is 19.4 Å². The van der Waals surface area contributed by atoms with Crippen LogP contribution in [0.3, 0.4) is 0 Å². The second-order valence-corrected chi connectivity index (χ2v) is 13.2. The molecule has 248 valence electrons. The Hall–Kier alpha value is -3.20. The highest BCUT2D eigenvalue weighted by Crippen LogP contribution is 2.49. The van der Waals surface area contributed by atoms with E-state index in [1.54, 1.807) is 23.6 Å². The lowest BCUT2D eigenvalue weighted by Gasteiger charge is -2.44. The number of carbonyl (C=O) groups is 1. The molecule has 0 aliphatic carbocycles. The summed E-state index contributed by atoms with van der Waals surface area (Å²) in [6.07, 6.45) is -4.38. The lowest BCUT2D eigenvalue weighted by atomic mass is 9.95. The summed E-state index contributed by atoms with van der Waals surface area (Å²) in [5.74, 6) is -2.49. The van der Waals surface area contributed by atoms with Crippen LogP contribution in [0.25, 0.3) is 22.0 Å². The fourth-order valence-electron chi connectivity index (χ4n) is 6.12. The number of aromatic nitrogens is 2. The minimum atomic E-state index is -4.99. The summed E-state index contributed by atoms with van der Waals surface area (Å²) in [6, 6.07) is 1.38. The minimum Gasteiger partial charge on any atom is -0.374 e. The standard InChI is InChI=1S/C31H33ClF5N5O3S/c1-6-25(43)42-16(2)12-40(13-17(42)3)29-20-9-21(31(35,36)37)26(19-10-22(32)24(34)11-23(19)33)28-27(20)41(30(44)38-29)14-18(15-46-28)45-8-7-39(4)5/h6,9-11,16-18H,1,7-8,12-15H2,2-5H3/t16-,17+,18?. The first-order valence-corrected chi connectivity index (χ1v) is 15.9. The maximum atomic E-state index is 15.4. The fraction of sp³-hybridized carbons (Fsp3) is 0.452. The second kappa shape index (κ2) is 13.1. The molecule has 1 unspecified atom stereocenters. The molecular formula is C31H33ClF5N5O3S. The maximum absolute atomic E-state index is 15.4. The molecule has 3 aromatic rings. The van der Waals surface area contributed by atoms with E-state index in [2.05, 4.69) is 11.6 Å². The molecule has 1 fully saturated rings. The zero-order valence-corrected chi connectivity index (χ0v) is 27.2. The van der Waals surface area contributed by atoms with E-state index < -0.39 is 51.3 Å². The molecule has 0 bridgehead atoms. The van der Waals surface area contributed by atoms with Crippen molar-refractivity contribution in [2.45, 2.75) is 49.7 Å². The third-order valence-electron chi connectivity index (χ3n) is 8.12. The van der Waals surface area contributed by atoms with Crippen LogP contribution in [0.1, 0.15) is 19.4 Å². The lowest BCUT2D eigenvalue weighted by molar-refractivity contribution is -0.137. The Morgan fingerprint density at radius 3 is 2.43 bits per heavy atom. The molecule has 5 rings (SSSR count). The SMILES string of the molecule is C=CC(=O)N1[C@H](C)CN(c2nc(=O)n3c4c(c(-c5cc(Cl)c(F)cc5F)c(C(F)(F)F)cc24)SCC(OCCN(C)C)C3)C[C@@H]1C. The first-order chi connectivity index (χ1) is 21.6. The largest absolute Gasteiger partial charge is 0.417 e. The molecule has 8 nitrogen and oxygen atoms in total. The predicted molar refractivity (Wildman–Crippen MR) is 169 cm³/mol. The van der Waals surface area contributed by atoms with Crippen LogP contribution in [0.5, 0.6) is 0 Å². The van der Waals surface area contributed by atoms with Gasteiger partial charge in [0.25, 0.3) is 0 Å². The number of anilines is 1. The van der Waals surface area contributed by atoms with E-state index in [4.69, 9.17) is 16.3 Å². The Bertz CT molecular complexity index is 1740. The molecule has 0 radical (unpaired) electrons. The second-order valence-electron chi connectivity index (χ2n) is 11.8. The predicted octanol–water partition coefficient (Wildman–Crippen LogP) is 5.68. The van der Waals surface area contributed by atoms with Crippen molar-refractivity contribution in [3.63, 3.8) is 0 Å². The topological polar surface area (TPSA) is 70.9 Å². The van der Waals surface area contributed by atoms with E-state index in [1.807, 2.05) is 19.0 Å². The summed E-state index contributed by atoms with van der Waals surface area (Å²) >= 11 is 6.96. The number of benzene rings is 2. The summed E-state index contributed by atoms with van der Waals surface area (Å²) in [6.45, 7) is 8.35. The Morgan fingerprint density at radius 1 is 1.15 bits per heavy atom. The number of alkyl halides is 3. The number of ether oxygens (including phenoxy) is 1. The van der Waals surface area contributed by atoms with Gasteiger partial charge in [-0.05, 0) is 46.2 Å². The van der Waals surface area contributed by atoms with Gasteiger partial charge in [-0.3, -0.25) is 9.36 Å². The van der Waals surface area contributed by atoms with Crippen molar-refractivity contribution in [3.8, 4) is 11.1 Å². The highest BCUT2D eigenvalue weighted by Gasteiger charge is 2.40. The van der Waals surface area contributed by atoms with Gasteiger partial charge in [0.15, 0.2) is 0 Å². The highest BCUT2D eigenvalue weighted by atomic mass is 35.5. The average Bonchev–Trinajstić information content (AvgIpc) is 3.16. The van der Waals surface area contributed by atoms with E-state index in [1.165, 1.54) is 10.6 Å². The van der Waals surface area contributed by atoms with Gasteiger partial charge in [0.05, 0.1) is 35.4 Å². The molecule has 15 heteroatoms. The van der Waals surface area contributed by atoms with Gasteiger partial charge in [-0.15, -0.1) is 11.8 Å². The molecule has 3 heterocycles. The summed E-state index contributed by atoms with van der Waals surface area (Å²) in [7, 11) is 3.72. The van der Waals surface area contributed by atoms with Crippen LogP contribution >= 0.6 is 23.4 Å². The molecule has 46 heavy (non-hydrogen) atoms. The van der Waals surface area contributed by atoms with E-state index in [0.29, 0.717) is 19.2 Å². The van der Waals surface area contributed by atoms with Crippen molar-refractivity contribution in [1.29, 1.82) is 0 Å². The van der Waals surface area contributed by atoms with Gasteiger partial charge >= 0.3 is 11.9 Å². The van der Waals surface area contributed by atoms with Crippen molar-refractivity contribution in [2.24, 2.45) is 0 Å². The highest BCUT2D eigenvalue weighted by molar-refractivity contribution is 7.99. The summed E-state index contributed by atoms with van der Waals surface area (Å²) in [4.78, 5) is 35.8. The Labute approximate surface area is 271 Å². The van der Waals surface area contributed by atoms with E-state index in [9.17, 15) is 27.2 Å². The number of halogens is 6. The molecule has 2 aliphatic heterocycles. The molecule has 0 saturated carbocycles. The van der Waals surface area contributed by atoms with Crippen LogP contribution < -0.4 is 10.6 Å². The van der Waals surface area contributed by atoms with Crippen molar-refractivity contribution < 1.29 is 31.5 Å². The quantitative estimate of drug-likeness (QED) is 0.180. The van der Waals surface area contributed by atoms with Gasteiger partial charge in [-0.2, -0.15) is 18.2 Å². The van der Waals surface area contributed by atoms with Crippen molar-refractivity contribution in [1.82, 2.24) is 19.4 Å². The van der Waals surface area contributed by atoms with Crippen molar-refractivity contribution in [3.05, 3.63) is 63.6 Å². The van der Waals surface area contributed by atoms with Crippen LogP contribution in [0.4, 0.5) is 27.8 Å². The smallest absolute Gasteiger partial charge is 0.374 e. The van der Waals surface area contributed by atoms with E-state index in [0.717, 1.165) is 23.9 Å². The molecule has 2 aromatic carbocycles. The fourth-order valence-corrected chi connectivity index (χ4v) is 7.56. The molecule has 0 spiro atoms. The van der Waals surface area contributed by atoms with Gasteiger partial charge in [0.2, 0.25) is 5.91 Å². The van der Waals surface area contributed by atoms with Crippen LogP contribution in [0.2, 0.25) is 5.02 Å². The van der Waals surface area contributed by atoms with Gasteiger partial charge in [-0.1, -0.05) is 18.2 Å². The molecular weight excluding hydrogens is 653 g/mol. The first-order valence-electron chi connectivity index (χ1n) is 14.5. The Kier molecular flexibility index (Phi) is 9.74. The molecule has 1 saturated heterocycles. The molecule has 3 atom stereocenters. The van der Waals surface area contributed by atoms with E-state index in [-0.39, 0.29) is 65.0 Å². The minimum absolute atomic E-state index is 0.0120. The first kappa shape index (κ1) is 34.1. The lowest BCUT2D eigenvalue weighted by Crippen LogP contribution is -2.58. The number of piperazine rings is 1. The summed E-state index contributed by atoms with van der Waals surface area (Å²) in [5.41, 5.74) is -2.88. The van der Waals surface area contributed by atoms with Gasteiger partial charge in [0.1, 0.15) is 17.5 Å². The zero-order chi connectivity index (χ0) is 33.7. The molecule has 1 amide bonds. The number of hydrogen-bond acceptors (Lipinski definition) is 7. The number of likely N-dealkylation sites (N-methyl/N-ethyl adjacent to an activating group) is 1. The van der Waals surface area contributed by atoms with Crippen LogP contribution in [0, 0.1) is 11.6 Å². The Balaban J connectivity index is 1.79. The number of carbonyl (C=O) groups excluding carboxylic acids is 1. The molecule has 0 N–H and O–H groups in total. The number of rotatable bonds is 7. The Morgan fingerprint density at radius 2 is 1.83 bits per heavy atom. The van der Waals surface area contributed by atoms with Gasteiger partial charge in [0, 0.05) is 64.9 Å². The van der Waals surface area contributed by atoms with Crippen LogP contribution in [0.15, 0.2) is 40.5 Å². The number of nitrogens with zero attached hydrogens (tertiary/aromatic N) is 5. The van der Waals surface area contributed by atoms with Gasteiger partial charge in [-0.25, -0.2) is 13.6 Å². The van der Waals surface area contributed by atoms with Crippen molar-refractivity contribution in [2.75, 3.05) is 51.0 Å². The van der Waals surface area contributed by atoms with Crippen molar-refractivity contribution >= 4 is 46.0 Å². The molecule has 1 aromatic heterocycles. The van der Waals surface area contributed by atoms with Crippen LogP contribution in [-0.2, 0) is 22.3 Å². The number of amides is 1. The molecule has 2 aliphatic rings.